The molecule has 27 heavy (non-hydrogen) atoms. The first-order valence-electron chi connectivity index (χ1n) is 8.44. The van der Waals surface area contributed by atoms with E-state index in [1.165, 1.54) is 12.1 Å². The molecule has 1 saturated carbocycles. The lowest BCUT2D eigenvalue weighted by Crippen LogP contribution is -2.31. The van der Waals surface area contributed by atoms with Gasteiger partial charge in [0.25, 0.3) is 0 Å². The van der Waals surface area contributed by atoms with Gasteiger partial charge in [0.2, 0.25) is 15.9 Å². The minimum atomic E-state index is -3.79. The molecule has 0 aromatic heterocycles. The lowest BCUT2D eigenvalue weighted by Gasteiger charge is -2.26. The van der Waals surface area contributed by atoms with Crippen LogP contribution >= 0.6 is 23.2 Å². The van der Waals surface area contributed by atoms with Crippen LogP contribution in [-0.4, -0.2) is 26.3 Å². The molecule has 1 amide bonds. The van der Waals surface area contributed by atoms with E-state index in [0.717, 1.165) is 12.0 Å². The van der Waals surface area contributed by atoms with Gasteiger partial charge in [0.05, 0.1) is 21.0 Å². The van der Waals surface area contributed by atoms with Crippen molar-refractivity contribution in [2.24, 2.45) is 11.1 Å². The number of rotatable bonds is 5. The van der Waals surface area contributed by atoms with Gasteiger partial charge in [-0.05, 0) is 54.7 Å². The largest absolute Gasteiger partial charge is 0.339 e. The van der Waals surface area contributed by atoms with Crippen molar-refractivity contribution in [1.82, 2.24) is 4.90 Å². The summed E-state index contributed by atoms with van der Waals surface area (Å²) >= 11 is 12.0. The number of nitrogens with two attached hydrogens (primary N) is 1. The van der Waals surface area contributed by atoms with Gasteiger partial charge in [-0.3, -0.25) is 4.79 Å². The van der Waals surface area contributed by atoms with Crippen molar-refractivity contribution in [2.75, 3.05) is 7.05 Å². The molecule has 5 nitrogen and oxygen atoms in total. The minimum absolute atomic E-state index is 0.0135. The summed E-state index contributed by atoms with van der Waals surface area (Å²) in [4.78, 5) is 14.5. The molecule has 1 aliphatic rings. The second-order valence-corrected chi connectivity index (χ2v) is 9.24. The van der Waals surface area contributed by atoms with Gasteiger partial charge in [-0.15, -0.1) is 0 Å². The summed E-state index contributed by atoms with van der Waals surface area (Å²) in [6.07, 6.45) is 0.755. The molecule has 3 atom stereocenters. The van der Waals surface area contributed by atoms with E-state index in [2.05, 4.69) is 0 Å². The number of benzene rings is 2. The number of sulfonamides is 1. The normalized spacial score (nSPS) is 20.2. The molecular weight excluding hydrogens is 407 g/mol. The van der Waals surface area contributed by atoms with Crippen LogP contribution in [-0.2, 0) is 14.8 Å². The number of primary sulfonamides is 1. The smallest absolute Gasteiger partial charge is 0.238 e. The van der Waals surface area contributed by atoms with Crippen LogP contribution in [0.15, 0.2) is 47.4 Å². The standard InChI is InChI=1S/C19H20Cl2N2O3S/c1-11(12-4-3-5-14(8-12)27(22,25)26)23(2)19(24)16-10-15(16)13-6-7-17(20)18(21)9-13/h3-9,11,15-16H,10H2,1-2H3,(H2,22,25,26). The third kappa shape index (κ3) is 4.29. The predicted octanol–water partition coefficient (Wildman–Crippen LogP) is 3.96. The summed E-state index contributed by atoms with van der Waals surface area (Å²) in [7, 11) is -2.06. The van der Waals surface area contributed by atoms with Gasteiger partial charge in [0.1, 0.15) is 0 Å². The first-order valence-corrected chi connectivity index (χ1v) is 10.7. The van der Waals surface area contributed by atoms with E-state index >= 15 is 0 Å². The van der Waals surface area contributed by atoms with Gasteiger partial charge >= 0.3 is 0 Å². The number of hydrogen-bond acceptors (Lipinski definition) is 3. The number of nitrogens with zero attached hydrogens (tertiary/aromatic N) is 1. The molecule has 0 heterocycles. The number of amides is 1. The van der Waals surface area contributed by atoms with E-state index in [1.807, 2.05) is 13.0 Å². The predicted molar refractivity (Wildman–Crippen MR) is 106 cm³/mol. The van der Waals surface area contributed by atoms with Gasteiger partial charge in [0, 0.05) is 13.0 Å². The summed E-state index contributed by atoms with van der Waals surface area (Å²) in [5.41, 5.74) is 1.71. The van der Waals surface area contributed by atoms with Crippen molar-refractivity contribution in [2.45, 2.75) is 30.2 Å². The van der Waals surface area contributed by atoms with Crippen molar-refractivity contribution >= 4 is 39.1 Å². The van der Waals surface area contributed by atoms with Gasteiger partial charge in [0.15, 0.2) is 0 Å². The number of carbonyl (C=O) groups excluding carboxylic acids is 1. The molecule has 0 spiro atoms. The molecule has 8 heteroatoms. The highest BCUT2D eigenvalue weighted by molar-refractivity contribution is 7.89. The maximum Gasteiger partial charge on any atom is 0.238 e. The SMILES string of the molecule is CC(c1cccc(S(N)(=O)=O)c1)N(C)C(=O)C1CC1c1ccc(Cl)c(Cl)c1. The molecule has 1 fully saturated rings. The van der Waals surface area contributed by atoms with Crippen molar-refractivity contribution < 1.29 is 13.2 Å². The van der Waals surface area contributed by atoms with Crippen LogP contribution in [0.5, 0.6) is 0 Å². The number of halogens is 2. The van der Waals surface area contributed by atoms with E-state index in [9.17, 15) is 13.2 Å². The first-order chi connectivity index (χ1) is 12.6. The summed E-state index contributed by atoms with van der Waals surface area (Å²) in [5, 5.41) is 6.17. The Balaban J connectivity index is 1.73. The van der Waals surface area contributed by atoms with E-state index in [1.54, 1.807) is 36.2 Å². The highest BCUT2D eigenvalue weighted by Crippen LogP contribution is 2.49. The fourth-order valence-corrected chi connectivity index (χ4v) is 4.08. The molecule has 0 bridgehead atoms. The van der Waals surface area contributed by atoms with Crippen molar-refractivity contribution in [3.05, 3.63) is 63.6 Å². The van der Waals surface area contributed by atoms with Crippen molar-refractivity contribution in [1.29, 1.82) is 0 Å². The first kappa shape index (κ1) is 20.1. The zero-order valence-corrected chi connectivity index (χ0v) is 17.2. The number of hydrogen-bond donors (Lipinski definition) is 1. The summed E-state index contributed by atoms with van der Waals surface area (Å²) in [5.74, 6) is 0.0216. The monoisotopic (exact) mass is 426 g/mol. The lowest BCUT2D eigenvalue weighted by molar-refractivity contribution is -0.133. The van der Waals surface area contributed by atoms with E-state index in [0.29, 0.717) is 15.6 Å². The van der Waals surface area contributed by atoms with Gasteiger partial charge < -0.3 is 4.90 Å². The Hall–Kier alpha value is -1.60. The quantitative estimate of drug-likeness (QED) is 0.784. The molecule has 2 aromatic carbocycles. The molecule has 2 N–H and O–H groups in total. The average molecular weight is 427 g/mol. The Kier molecular flexibility index (Phi) is 5.54. The van der Waals surface area contributed by atoms with Crippen LogP contribution in [0.25, 0.3) is 0 Å². The topological polar surface area (TPSA) is 80.5 Å². The molecule has 1 aliphatic carbocycles. The zero-order chi connectivity index (χ0) is 19.9. The van der Waals surface area contributed by atoms with Crippen LogP contribution < -0.4 is 5.14 Å². The summed E-state index contributed by atoms with van der Waals surface area (Å²) < 4.78 is 23.1. The third-order valence-corrected chi connectivity index (χ3v) is 6.73. The van der Waals surface area contributed by atoms with Crippen molar-refractivity contribution in [3.63, 3.8) is 0 Å². The second-order valence-electron chi connectivity index (χ2n) is 6.86. The highest BCUT2D eigenvalue weighted by atomic mass is 35.5. The second kappa shape index (κ2) is 7.43. The minimum Gasteiger partial charge on any atom is -0.339 e. The van der Waals surface area contributed by atoms with Gasteiger partial charge in [-0.25, -0.2) is 13.6 Å². The van der Waals surface area contributed by atoms with Crippen LogP contribution in [0.1, 0.15) is 36.4 Å². The summed E-state index contributed by atoms with van der Waals surface area (Å²) in [6.45, 7) is 1.86. The fraction of sp³-hybridized carbons (Fsp3) is 0.316. The molecule has 3 rings (SSSR count). The average Bonchev–Trinajstić information content (AvgIpc) is 3.42. The zero-order valence-electron chi connectivity index (χ0n) is 14.9. The Morgan fingerprint density at radius 2 is 1.89 bits per heavy atom. The van der Waals surface area contributed by atoms with Gasteiger partial charge in [-0.2, -0.15) is 0 Å². The summed E-state index contributed by atoms with van der Waals surface area (Å²) in [6, 6.07) is 11.5. The Morgan fingerprint density at radius 3 is 2.52 bits per heavy atom. The van der Waals surface area contributed by atoms with Crippen LogP contribution in [0, 0.1) is 5.92 Å². The fourth-order valence-electron chi connectivity index (χ4n) is 3.21. The Morgan fingerprint density at radius 1 is 1.19 bits per heavy atom. The molecule has 2 aromatic rings. The van der Waals surface area contributed by atoms with Crippen LogP contribution in [0.3, 0.4) is 0 Å². The third-order valence-electron chi connectivity index (χ3n) is 5.08. The molecule has 3 unspecified atom stereocenters. The Labute approximate surface area is 169 Å². The highest BCUT2D eigenvalue weighted by Gasteiger charge is 2.46. The van der Waals surface area contributed by atoms with Crippen molar-refractivity contribution in [3.8, 4) is 0 Å². The molecule has 144 valence electrons. The maximum absolute atomic E-state index is 12.9. The molecule has 0 radical (unpaired) electrons. The maximum atomic E-state index is 12.9. The van der Waals surface area contributed by atoms with E-state index < -0.39 is 10.0 Å². The van der Waals surface area contributed by atoms with Gasteiger partial charge in [-0.1, -0.05) is 41.4 Å². The van der Waals surface area contributed by atoms with Crippen LogP contribution in [0.2, 0.25) is 10.0 Å². The van der Waals surface area contributed by atoms with E-state index in [4.69, 9.17) is 28.3 Å². The molecular formula is C19H20Cl2N2O3S. The molecule has 0 saturated heterocycles. The molecule has 0 aliphatic heterocycles. The van der Waals surface area contributed by atoms with Crippen LogP contribution in [0.4, 0.5) is 0 Å². The number of carbonyl (C=O) groups is 1. The lowest BCUT2D eigenvalue weighted by atomic mass is 10.1. The Bertz CT molecular complexity index is 994. The van der Waals surface area contributed by atoms with E-state index in [-0.39, 0.29) is 28.7 Å².